The lowest BCUT2D eigenvalue weighted by atomic mass is 9.96. The second-order valence-corrected chi connectivity index (χ2v) is 5.26. The number of nitrogen functional groups attached to an aromatic ring is 1. The van der Waals surface area contributed by atoms with Crippen molar-refractivity contribution in [3.05, 3.63) is 5.56 Å². The fourth-order valence-electron chi connectivity index (χ4n) is 2.54. The Morgan fingerprint density at radius 3 is 2.61 bits per heavy atom. The average molecular weight is 247 g/mol. The van der Waals surface area contributed by atoms with Crippen LogP contribution in [0.25, 0.3) is 0 Å². The molecule has 1 aliphatic rings. The van der Waals surface area contributed by atoms with Crippen LogP contribution in [0.2, 0.25) is 0 Å². The lowest BCUT2D eigenvalue weighted by Crippen LogP contribution is -2.17. The number of rotatable bonds is 3. The van der Waals surface area contributed by atoms with E-state index < -0.39 is 0 Å². The highest BCUT2D eigenvalue weighted by molar-refractivity contribution is 5.64. The Morgan fingerprint density at radius 2 is 2.06 bits per heavy atom. The summed E-state index contributed by atoms with van der Waals surface area (Å²) in [6.45, 7) is 4.05. The Kier molecular flexibility index (Phi) is 3.75. The summed E-state index contributed by atoms with van der Waals surface area (Å²) in [7, 11) is 0. The summed E-state index contributed by atoms with van der Waals surface area (Å²) in [6.07, 6.45) is 5.95. The number of nitrogens with one attached hydrogen (secondary N) is 1. The first-order valence-corrected chi connectivity index (χ1v) is 6.68. The minimum Gasteiger partial charge on any atom is -0.383 e. The van der Waals surface area contributed by atoms with Crippen molar-refractivity contribution >= 4 is 11.6 Å². The smallest absolute Gasteiger partial charge is 0.168 e. The quantitative estimate of drug-likeness (QED) is 0.860. The zero-order valence-electron chi connectivity index (χ0n) is 11.1. The van der Waals surface area contributed by atoms with E-state index in [0.29, 0.717) is 23.2 Å². The van der Waals surface area contributed by atoms with Gasteiger partial charge >= 0.3 is 0 Å². The fourth-order valence-corrected chi connectivity index (χ4v) is 2.54. The van der Waals surface area contributed by atoms with Crippen LogP contribution in [-0.4, -0.2) is 15.8 Å². The van der Waals surface area contributed by atoms with Crippen molar-refractivity contribution in [1.82, 2.24) is 9.78 Å². The lowest BCUT2D eigenvalue weighted by Gasteiger charge is -2.22. The molecule has 0 aromatic carbocycles. The molecular weight excluding hydrogens is 226 g/mol. The van der Waals surface area contributed by atoms with Gasteiger partial charge in [-0.3, -0.25) is 0 Å². The van der Waals surface area contributed by atoms with Gasteiger partial charge in [-0.15, -0.1) is 0 Å². The van der Waals surface area contributed by atoms with E-state index in [4.69, 9.17) is 5.73 Å². The minimum absolute atomic E-state index is 0.242. The Hall–Kier alpha value is -1.70. The molecule has 0 saturated heterocycles. The minimum atomic E-state index is 0.242. The van der Waals surface area contributed by atoms with Gasteiger partial charge in [0, 0.05) is 6.04 Å². The fraction of sp³-hybridized carbons (Fsp3) is 0.692. The van der Waals surface area contributed by atoms with E-state index in [2.05, 4.69) is 16.5 Å². The van der Waals surface area contributed by atoms with Gasteiger partial charge in [0.15, 0.2) is 5.82 Å². The molecule has 1 aromatic heterocycles. The normalized spacial score (nSPS) is 16.8. The van der Waals surface area contributed by atoms with E-state index in [1.807, 2.05) is 18.5 Å². The molecule has 0 spiro atoms. The second-order valence-electron chi connectivity index (χ2n) is 5.26. The predicted molar refractivity (Wildman–Crippen MR) is 72.2 cm³/mol. The molecule has 0 radical (unpaired) electrons. The number of nitrogens with two attached hydrogens (primary N) is 1. The van der Waals surface area contributed by atoms with Crippen LogP contribution in [0, 0.1) is 11.3 Å². The molecule has 98 valence electrons. The molecule has 1 saturated carbocycles. The molecule has 1 fully saturated rings. The van der Waals surface area contributed by atoms with Crippen molar-refractivity contribution in [1.29, 1.82) is 5.26 Å². The summed E-state index contributed by atoms with van der Waals surface area (Å²) in [4.78, 5) is 0. The van der Waals surface area contributed by atoms with Gasteiger partial charge < -0.3 is 11.1 Å². The molecule has 5 nitrogen and oxygen atoms in total. The van der Waals surface area contributed by atoms with E-state index in [0.717, 1.165) is 12.8 Å². The van der Waals surface area contributed by atoms with Crippen LogP contribution in [0.3, 0.4) is 0 Å². The van der Waals surface area contributed by atoms with Crippen LogP contribution in [0.4, 0.5) is 11.6 Å². The van der Waals surface area contributed by atoms with Gasteiger partial charge in [0.2, 0.25) is 0 Å². The summed E-state index contributed by atoms with van der Waals surface area (Å²) in [5.74, 6) is 1.13. The third-order valence-electron chi connectivity index (χ3n) is 3.41. The molecule has 0 amide bonds. The number of aromatic nitrogens is 2. The maximum Gasteiger partial charge on any atom is 0.168 e. The molecule has 5 heteroatoms. The largest absolute Gasteiger partial charge is 0.383 e. The van der Waals surface area contributed by atoms with Crippen molar-refractivity contribution in [3.8, 4) is 6.07 Å². The zero-order chi connectivity index (χ0) is 13.1. The van der Waals surface area contributed by atoms with Crippen LogP contribution < -0.4 is 11.1 Å². The number of nitriles is 1. The topological polar surface area (TPSA) is 79.7 Å². The third-order valence-corrected chi connectivity index (χ3v) is 3.41. The van der Waals surface area contributed by atoms with Crippen LogP contribution in [-0.2, 0) is 0 Å². The van der Waals surface area contributed by atoms with Gasteiger partial charge in [-0.1, -0.05) is 19.3 Å². The Morgan fingerprint density at radius 1 is 1.39 bits per heavy atom. The summed E-state index contributed by atoms with van der Waals surface area (Å²) in [5, 5.41) is 16.9. The number of anilines is 2. The number of hydrogen-bond acceptors (Lipinski definition) is 4. The monoisotopic (exact) mass is 247 g/mol. The maximum atomic E-state index is 9.20. The number of hydrogen-bond donors (Lipinski definition) is 2. The lowest BCUT2D eigenvalue weighted by molar-refractivity contribution is 0.333. The number of nitrogens with zero attached hydrogens (tertiary/aromatic N) is 3. The van der Waals surface area contributed by atoms with Crippen molar-refractivity contribution in [3.63, 3.8) is 0 Å². The molecule has 2 rings (SSSR count). The van der Waals surface area contributed by atoms with Crippen molar-refractivity contribution in [2.75, 3.05) is 11.1 Å². The highest BCUT2D eigenvalue weighted by Crippen LogP contribution is 2.32. The molecule has 1 heterocycles. The summed E-state index contributed by atoms with van der Waals surface area (Å²) < 4.78 is 1.85. The molecule has 3 N–H and O–H groups in total. The van der Waals surface area contributed by atoms with Gasteiger partial charge in [-0.2, -0.15) is 10.4 Å². The summed E-state index contributed by atoms with van der Waals surface area (Å²) >= 11 is 0. The maximum absolute atomic E-state index is 9.20. The molecule has 0 unspecified atom stereocenters. The van der Waals surface area contributed by atoms with Crippen LogP contribution in [0.1, 0.15) is 57.6 Å². The van der Waals surface area contributed by atoms with Gasteiger partial charge in [0.05, 0.1) is 6.04 Å². The standard InChI is InChI=1S/C13H21N5/c1-9(2)16-13-11(8-14)12(15)18(17-13)10-6-4-3-5-7-10/h9-10H,3-7,15H2,1-2H3,(H,16,17). The van der Waals surface area contributed by atoms with Crippen molar-refractivity contribution in [2.45, 2.75) is 58.0 Å². The zero-order valence-corrected chi connectivity index (χ0v) is 11.1. The van der Waals surface area contributed by atoms with Gasteiger partial charge in [0.1, 0.15) is 17.5 Å². The first-order chi connectivity index (χ1) is 8.63. The molecule has 0 atom stereocenters. The highest BCUT2D eigenvalue weighted by atomic mass is 15.4. The van der Waals surface area contributed by atoms with E-state index >= 15 is 0 Å². The summed E-state index contributed by atoms with van der Waals surface area (Å²) in [6, 6.07) is 2.75. The van der Waals surface area contributed by atoms with E-state index in [1.165, 1.54) is 19.3 Å². The first-order valence-electron chi connectivity index (χ1n) is 6.68. The van der Waals surface area contributed by atoms with Crippen molar-refractivity contribution in [2.24, 2.45) is 0 Å². The molecule has 1 aromatic rings. The third kappa shape index (κ3) is 2.42. The van der Waals surface area contributed by atoms with Gasteiger partial charge in [-0.25, -0.2) is 4.68 Å². The van der Waals surface area contributed by atoms with Crippen LogP contribution in [0.5, 0.6) is 0 Å². The van der Waals surface area contributed by atoms with Gasteiger partial charge in [0.25, 0.3) is 0 Å². The van der Waals surface area contributed by atoms with Crippen molar-refractivity contribution < 1.29 is 0 Å². The molecule has 0 bridgehead atoms. The molecule has 18 heavy (non-hydrogen) atoms. The highest BCUT2D eigenvalue weighted by Gasteiger charge is 2.23. The Labute approximate surface area is 108 Å². The first kappa shape index (κ1) is 12.7. The van der Waals surface area contributed by atoms with Crippen LogP contribution >= 0.6 is 0 Å². The molecular formula is C13H21N5. The Bertz CT molecular complexity index is 449. The summed E-state index contributed by atoms with van der Waals surface area (Å²) in [5.41, 5.74) is 6.54. The molecule has 0 aliphatic heterocycles. The van der Waals surface area contributed by atoms with E-state index in [1.54, 1.807) is 0 Å². The van der Waals surface area contributed by atoms with Crippen LogP contribution in [0.15, 0.2) is 0 Å². The molecule has 1 aliphatic carbocycles. The predicted octanol–water partition coefficient (Wildman–Crippen LogP) is 2.66. The Balaban J connectivity index is 2.30. The second kappa shape index (κ2) is 5.30. The van der Waals surface area contributed by atoms with E-state index in [9.17, 15) is 5.26 Å². The average Bonchev–Trinajstić information content (AvgIpc) is 2.66. The SMILES string of the molecule is CC(C)Nc1nn(C2CCCCC2)c(N)c1C#N. The van der Waals surface area contributed by atoms with E-state index in [-0.39, 0.29) is 6.04 Å². The van der Waals surface area contributed by atoms with Gasteiger partial charge in [-0.05, 0) is 26.7 Å².